The van der Waals surface area contributed by atoms with E-state index in [0.717, 1.165) is 11.1 Å². The van der Waals surface area contributed by atoms with Gasteiger partial charge in [-0.2, -0.15) is 0 Å². The van der Waals surface area contributed by atoms with Gasteiger partial charge in [-0.15, -0.1) is 0 Å². The lowest BCUT2D eigenvalue weighted by Gasteiger charge is -2.18. The Balaban J connectivity index is 3.14. The molecule has 0 saturated heterocycles. The fourth-order valence-corrected chi connectivity index (χ4v) is 1.80. The Morgan fingerprint density at radius 3 is 2.06 bits per heavy atom. The molecule has 0 fully saturated rings. The summed E-state index contributed by atoms with van der Waals surface area (Å²) >= 11 is 0. The van der Waals surface area contributed by atoms with Gasteiger partial charge in [0.05, 0.1) is 6.61 Å². The fourth-order valence-electron chi connectivity index (χ4n) is 1.80. The summed E-state index contributed by atoms with van der Waals surface area (Å²) in [6.07, 6.45) is -0.694. The largest absolute Gasteiger partial charge is 0.513 e. The molecule has 0 atom stereocenters. The van der Waals surface area contributed by atoms with E-state index in [1.165, 1.54) is 0 Å². The van der Waals surface area contributed by atoms with Crippen LogP contribution in [0.4, 0.5) is 4.79 Å². The lowest BCUT2D eigenvalue weighted by molar-refractivity contribution is 0.108. The highest BCUT2D eigenvalue weighted by Crippen LogP contribution is 2.34. The summed E-state index contributed by atoms with van der Waals surface area (Å²) in [7, 11) is 0. The Morgan fingerprint density at radius 2 is 1.67 bits per heavy atom. The lowest BCUT2D eigenvalue weighted by Crippen LogP contribution is -2.13. The molecule has 18 heavy (non-hydrogen) atoms. The summed E-state index contributed by atoms with van der Waals surface area (Å²) in [6, 6.07) is 5.94. The maximum atomic E-state index is 11.5. The number of hydrogen-bond donors (Lipinski definition) is 0. The minimum atomic E-state index is -0.694. The van der Waals surface area contributed by atoms with Crippen LogP contribution in [0, 0.1) is 6.92 Å². The average molecular weight is 249 g/mol. The Kier molecular flexibility index (Phi) is 5.20. The summed E-state index contributed by atoms with van der Waals surface area (Å²) in [6.45, 7) is 11.8. The van der Waals surface area contributed by atoms with Crippen LogP contribution in [0.15, 0.2) is 18.2 Å². The number of hydrogen-bond acceptors (Lipinski definition) is 3. The second-order valence-corrected chi connectivity index (χ2v) is 4.78. The van der Waals surface area contributed by atoms with Crippen LogP contribution in [0.5, 0.6) is 5.75 Å². The first-order chi connectivity index (χ1) is 8.47. The van der Waals surface area contributed by atoms with Crippen molar-refractivity contribution in [3.05, 3.63) is 36.2 Å². The van der Waals surface area contributed by atoms with Crippen LogP contribution in [0.1, 0.15) is 50.7 Å². The van der Waals surface area contributed by atoms with Crippen molar-refractivity contribution in [3.63, 3.8) is 0 Å². The zero-order chi connectivity index (χ0) is 13.7. The molecule has 0 aliphatic rings. The standard InChI is InChI=1S/C15H21O3/c1-6-17-15(16)18-14-12(10(2)3)8-7-9-13(14)11(4)5/h7-11H,1,6H2,2-5H3. The Bertz CT molecular complexity index is 382. The van der Waals surface area contributed by atoms with Gasteiger partial charge in [0.25, 0.3) is 0 Å². The van der Waals surface area contributed by atoms with Crippen molar-refractivity contribution in [3.8, 4) is 5.75 Å². The van der Waals surface area contributed by atoms with E-state index in [1.807, 2.05) is 18.2 Å². The van der Waals surface area contributed by atoms with Crippen molar-refractivity contribution in [1.29, 1.82) is 0 Å². The van der Waals surface area contributed by atoms with Gasteiger partial charge in [0.2, 0.25) is 0 Å². The smallest absolute Gasteiger partial charge is 0.434 e. The fraction of sp³-hybridized carbons (Fsp3) is 0.467. The monoisotopic (exact) mass is 249 g/mol. The van der Waals surface area contributed by atoms with E-state index in [2.05, 4.69) is 34.6 Å². The van der Waals surface area contributed by atoms with Crippen molar-refractivity contribution >= 4 is 6.16 Å². The highest BCUT2D eigenvalue weighted by Gasteiger charge is 2.18. The van der Waals surface area contributed by atoms with Crippen LogP contribution in [-0.2, 0) is 4.74 Å². The first-order valence-corrected chi connectivity index (χ1v) is 6.24. The van der Waals surface area contributed by atoms with Gasteiger partial charge in [-0.05, 0) is 29.9 Å². The molecule has 0 spiro atoms. The highest BCUT2D eigenvalue weighted by molar-refractivity contribution is 5.66. The van der Waals surface area contributed by atoms with E-state index >= 15 is 0 Å². The van der Waals surface area contributed by atoms with E-state index in [9.17, 15) is 4.79 Å². The second kappa shape index (κ2) is 6.43. The van der Waals surface area contributed by atoms with Crippen LogP contribution in [0.3, 0.4) is 0 Å². The van der Waals surface area contributed by atoms with Crippen molar-refractivity contribution in [2.75, 3.05) is 6.61 Å². The van der Waals surface area contributed by atoms with Crippen LogP contribution in [0.2, 0.25) is 0 Å². The second-order valence-electron chi connectivity index (χ2n) is 4.78. The van der Waals surface area contributed by atoms with Crippen molar-refractivity contribution in [1.82, 2.24) is 0 Å². The maximum Gasteiger partial charge on any atom is 0.513 e. The third-order valence-electron chi connectivity index (χ3n) is 2.73. The predicted molar refractivity (Wildman–Crippen MR) is 72.0 cm³/mol. The molecule has 1 rings (SSSR count). The molecule has 0 unspecified atom stereocenters. The van der Waals surface area contributed by atoms with Crippen LogP contribution in [-0.4, -0.2) is 12.8 Å². The van der Waals surface area contributed by atoms with Crippen molar-refractivity contribution in [2.45, 2.75) is 39.5 Å². The van der Waals surface area contributed by atoms with Crippen LogP contribution in [0.25, 0.3) is 0 Å². The molecule has 0 aromatic heterocycles. The summed E-state index contributed by atoms with van der Waals surface area (Å²) in [5, 5.41) is 0. The van der Waals surface area contributed by atoms with Crippen molar-refractivity contribution < 1.29 is 14.3 Å². The summed E-state index contributed by atoms with van der Waals surface area (Å²) in [5.41, 5.74) is 2.03. The zero-order valence-electron chi connectivity index (χ0n) is 11.5. The number of para-hydroxylation sites is 1. The minimum Gasteiger partial charge on any atom is -0.434 e. The summed E-state index contributed by atoms with van der Waals surface area (Å²) in [4.78, 5) is 11.5. The van der Waals surface area contributed by atoms with Crippen molar-refractivity contribution in [2.24, 2.45) is 0 Å². The molecule has 99 valence electrons. The molecule has 1 aromatic rings. The molecular weight excluding hydrogens is 228 g/mol. The number of carbonyl (C=O) groups is 1. The number of carbonyl (C=O) groups excluding carboxylic acids is 1. The molecule has 0 aliphatic carbocycles. The van der Waals surface area contributed by atoms with Gasteiger partial charge >= 0.3 is 6.16 Å². The first-order valence-electron chi connectivity index (χ1n) is 6.24. The molecular formula is C15H21O3. The minimum absolute atomic E-state index is 0.0691. The van der Waals surface area contributed by atoms with Gasteiger partial charge in [0, 0.05) is 0 Å². The predicted octanol–water partition coefficient (Wildman–Crippen LogP) is 4.28. The topological polar surface area (TPSA) is 35.5 Å². The third-order valence-corrected chi connectivity index (χ3v) is 2.73. The summed E-state index contributed by atoms with van der Waals surface area (Å²) < 4.78 is 10.1. The number of rotatable bonds is 4. The van der Waals surface area contributed by atoms with E-state index in [1.54, 1.807) is 0 Å². The molecule has 1 radical (unpaired) electrons. The highest BCUT2D eigenvalue weighted by atomic mass is 16.7. The van der Waals surface area contributed by atoms with Gasteiger partial charge in [0.1, 0.15) is 5.75 Å². The van der Waals surface area contributed by atoms with Gasteiger partial charge in [-0.3, -0.25) is 0 Å². The average Bonchev–Trinajstić information content (AvgIpc) is 2.28. The number of ether oxygens (including phenoxy) is 2. The van der Waals surface area contributed by atoms with Gasteiger partial charge in [-0.25, -0.2) is 4.79 Å². The SMILES string of the molecule is [CH2]COC(=O)Oc1c(C(C)C)cccc1C(C)C. The van der Waals surface area contributed by atoms with Gasteiger partial charge in [0.15, 0.2) is 0 Å². The molecule has 0 bridgehead atoms. The molecule has 0 amide bonds. The molecule has 0 aliphatic heterocycles. The van der Waals surface area contributed by atoms with Gasteiger partial charge in [-0.1, -0.05) is 45.9 Å². The lowest BCUT2D eigenvalue weighted by atomic mass is 9.94. The summed E-state index contributed by atoms with van der Waals surface area (Å²) in [5.74, 6) is 1.19. The molecule has 0 saturated carbocycles. The first kappa shape index (κ1) is 14.6. The molecule has 3 heteroatoms. The Morgan fingerprint density at radius 1 is 1.17 bits per heavy atom. The van der Waals surface area contributed by atoms with E-state index in [4.69, 9.17) is 9.47 Å². The molecule has 0 N–H and O–H groups in total. The Labute approximate surface area is 109 Å². The Hall–Kier alpha value is -1.51. The normalized spacial score (nSPS) is 10.8. The zero-order valence-corrected chi connectivity index (χ0v) is 11.5. The quantitative estimate of drug-likeness (QED) is 0.590. The van der Waals surface area contributed by atoms with E-state index in [-0.39, 0.29) is 18.4 Å². The molecule has 3 nitrogen and oxygen atoms in total. The molecule has 0 heterocycles. The maximum absolute atomic E-state index is 11.5. The van der Waals surface area contributed by atoms with E-state index < -0.39 is 6.16 Å². The van der Waals surface area contributed by atoms with Crippen LogP contribution < -0.4 is 4.74 Å². The van der Waals surface area contributed by atoms with E-state index in [0.29, 0.717) is 5.75 Å². The third kappa shape index (κ3) is 3.49. The number of benzene rings is 1. The van der Waals surface area contributed by atoms with Crippen LogP contribution >= 0.6 is 0 Å². The molecule has 1 aromatic carbocycles. The van der Waals surface area contributed by atoms with Gasteiger partial charge < -0.3 is 9.47 Å².